The van der Waals surface area contributed by atoms with Crippen molar-refractivity contribution in [1.82, 2.24) is 10.2 Å². The zero-order chi connectivity index (χ0) is 17.7. The Hall–Kier alpha value is -1.76. The van der Waals surface area contributed by atoms with E-state index in [2.05, 4.69) is 5.32 Å². The van der Waals surface area contributed by atoms with Crippen molar-refractivity contribution in [3.63, 3.8) is 0 Å². The highest BCUT2D eigenvalue weighted by molar-refractivity contribution is 6.42. The van der Waals surface area contributed by atoms with Gasteiger partial charge in [0.2, 0.25) is 0 Å². The van der Waals surface area contributed by atoms with Crippen LogP contribution in [-0.4, -0.2) is 53.2 Å². The molecule has 0 aromatic heterocycles. The number of aliphatic hydroxyl groups excluding tert-OH is 2. The van der Waals surface area contributed by atoms with E-state index >= 15 is 0 Å². The lowest BCUT2D eigenvalue weighted by molar-refractivity contribution is -0.128. The number of carbonyl (C=O) groups is 2. The molecule has 6 nitrogen and oxygen atoms in total. The van der Waals surface area contributed by atoms with Gasteiger partial charge in [0.25, 0.3) is 11.8 Å². The first-order valence-corrected chi connectivity index (χ1v) is 8.24. The largest absolute Gasteiger partial charge is 0.503 e. The van der Waals surface area contributed by atoms with Crippen LogP contribution in [0.2, 0.25) is 10.0 Å². The number of β-amino-alcohol motifs (C(OH)–C–C–N with tert-alkyl or cyclic N) is 1. The van der Waals surface area contributed by atoms with Gasteiger partial charge in [-0.15, -0.1) is 0 Å². The Labute approximate surface area is 149 Å². The minimum absolute atomic E-state index is 0.00382. The first-order chi connectivity index (χ1) is 11.4. The molecule has 0 saturated carbocycles. The van der Waals surface area contributed by atoms with Crippen molar-refractivity contribution < 1.29 is 19.8 Å². The summed E-state index contributed by atoms with van der Waals surface area (Å²) < 4.78 is 0. The fourth-order valence-corrected chi connectivity index (χ4v) is 2.71. The number of amides is 2. The van der Waals surface area contributed by atoms with Crippen LogP contribution in [0.15, 0.2) is 29.5 Å². The van der Waals surface area contributed by atoms with Crippen molar-refractivity contribution in [3.05, 3.63) is 45.1 Å². The van der Waals surface area contributed by atoms with Crippen LogP contribution >= 0.6 is 23.2 Å². The van der Waals surface area contributed by atoms with Crippen molar-refractivity contribution in [2.75, 3.05) is 26.2 Å². The van der Waals surface area contributed by atoms with Gasteiger partial charge in [-0.1, -0.05) is 29.3 Å². The van der Waals surface area contributed by atoms with Crippen LogP contribution in [0, 0.1) is 0 Å². The molecule has 24 heavy (non-hydrogen) atoms. The quantitative estimate of drug-likeness (QED) is 0.635. The Morgan fingerprint density at radius 2 is 2.04 bits per heavy atom. The van der Waals surface area contributed by atoms with Crippen molar-refractivity contribution in [2.45, 2.75) is 12.8 Å². The molecule has 0 saturated heterocycles. The predicted molar refractivity (Wildman–Crippen MR) is 91.1 cm³/mol. The molecular weight excluding hydrogens is 355 g/mol. The van der Waals surface area contributed by atoms with E-state index in [-0.39, 0.29) is 25.3 Å². The molecule has 0 fully saturated rings. The van der Waals surface area contributed by atoms with E-state index in [9.17, 15) is 14.7 Å². The number of rotatable bonds is 7. The summed E-state index contributed by atoms with van der Waals surface area (Å²) in [6.07, 6.45) is 1.38. The third-order valence-electron chi connectivity index (χ3n) is 3.68. The van der Waals surface area contributed by atoms with E-state index in [1.54, 1.807) is 12.1 Å². The zero-order valence-electron chi connectivity index (χ0n) is 12.9. The maximum absolute atomic E-state index is 12.1. The minimum Gasteiger partial charge on any atom is -0.503 e. The number of aliphatic hydroxyl groups is 2. The highest BCUT2D eigenvalue weighted by Gasteiger charge is 2.33. The SMILES string of the molecule is O=C(NCCCc1ccc(Cl)c(Cl)c1)C1=C(O)C(=O)N(CCO)C1. The van der Waals surface area contributed by atoms with E-state index in [1.807, 2.05) is 6.07 Å². The predicted octanol–water partition coefficient (Wildman–Crippen LogP) is 1.69. The maximum Gasteiger partial charge on any atom is 0.289 e. The fraction of sp³-hybridized carbons (Fsp3) is 0.375. The molecule has 0 bridgehead atoms. The van der Waals surface area contributed by atoms with Crippen molar-refractivity contribution >= 4 is 35.0 Å². The van der Waals surface area contributed by atoms with E-state index in [0.717, 1.165) is 5.56 Å². The summed E-state index contributed by atoms with van der Waals surface area (Å²) in [5.74, 6) is -1.66. The molecule has 8 heteroatoms. The lowest BCUT2D eigenvalue weighted by atomic mass is 10.1. The molecule has 0 radical (unpaired) electrons. The summed E-state index contributed by atoms with van der Waals surface area (Å²) in [7, 11) is 0. The number of aryl methyl sites for hydroxylation is 1. The Kier molecular flexibility index (Phi) is 6.48. The number of hydrogen-bond donors (Lipinski definition) is 3. The second-order valence-corrected chi connectivity index (χ2v) is 6.20. The van der Waals surface area contributed by atoms with Crippen molar-refractivity contribution in [1.29, 1.82) is 0 Å². The second kappa shape index (κ2) is 8.37. The molecule has 0 aliphatic carbocycles. The number of nitrogens with zero attached hydrogens (tertiary/aromatic N) is 1. The Bertz CT molecular complexity index is 676. The molecule has 1 aliphatic rings. The Morgan fingerprint density at radius 3 is 2.71 bits per heavy atom. The smallest absolute Gasteiger partial charge is 0.289 e. The summed E-state index contributed by atoms with van der Waals surface area (Å²) in [5.41, 5.74) is 1.04. The van der Waals surface area contributed by atoms with Crippen LogP contribution in [0.1, 0.15) is 12.0 Å². The van der Waals surface area contributed by atoms with Gasteiger partial charge in [-0.05, 0) is 30.5 Å². The van der Waals surface area contributed by atoms with Crippen LogP contribution in [0.5, 0.6) is 0 Å². The molecule has 2 rings (SSSR count). The topological polar surface area (TPSA) is 89.9 Å². The van der Waals surface area contributed by atoms with Crippen LogP contribution in [0.25, 0.3) is 0 Å². The molecule has 1 aromatic carbocycles. The maximum atomic E-state index is 12.1. The summed E-state index contributed by atoms with van der Waals surface area (Å²) >= 11 is 11.8. The molecule has 1 heterocycles. The first-order valence-electron chi connectivity index (χ1n) is 7.48. The lowest BCUT2D eigenvalue weighted by Gasteiger charge is -2.13. The molecule has 1 aromatic rings. The summed E-state index contributed by atoms with van der Waals surface area (Å²) in [4.78, 5) is 25.0. The van der Waals surface area contributed by atoms with Crippen LogP contribution in [-0.2, 0) is 16.0 Å². The summed E-state index contributed by atoms with van der Waals surface area (Å²) in [6.45, 7) is 0.252. The Balaban J connectivity index is 1.81. The third-order valence-corrected chi connectivity index (χ3v) is 4.42. The summed E-state index contributed by atoms with van der Waals surface area (Å²) in [5, 5.41) is 22.3. The number of halogens is 2. The third kappa shape index (κ3) is 4.41. The van der Waals surface area contributed by atoms with Gasteiger partial charge in [0.05, 0.1) is 28.8 Å². The van der Waals surface area contributed by atoms with E-state index in [0.29, 0.717) is 29.4 Å². The van der Waals surface area contributed by atoms with Crippen LogP contribution in [0.3, 0.4) is 0 Å². The number of nitrogens with one attached hydrogen (secondary N) is 1. The number of carbonyl (C=O) groups excluding carboxylic acids is 2. The van der Waals surface area contributed by atoms with E-state index in [1.165, 1.54) is 4.90 Å². The van der Waals surface area contributed by atoms with Gasteiger partial charge < -0.3 is 20.4 Å². The zero-order valence-corrected chi connectivity index (χ0v) is 14.4. The molecule has 0 atom stereocenters. The summed E-state index contributed by atoms with van der Waals surface area (Å²) in [6, 6.07) is 5.37. The first kappa shape index (κ1) is 18.6. The van der Waals surface area contributed by atoms with Crippen LogP contribution < -0.4 is 5.32 Å². The standard InChI is InChI=1S/C16H18Cl2N2O4/c17-12-4-3-10(8-13(12)18)2-1-5-19-15(23)11-9-20(6-7-21)16(24)14(11)22/h3-4,8,21-22H,1-2,5-7,9H2,(H,19,23). The lowest BCUT2D eigenvalue weighted by Crippen LogP contribution is -2.32. The number of benzene rings is 1. The molecule has 3 N–H and O–H groups in total. The number of hydrogen-bond acceptors (Lipinski definition) is 4. The molecular formula is C16H18Cl2N2O4. The van der Waals surface area contributed by atoms with Gasteiger partial charge in [0.15, 0.2) is 5.76 Å². The normalized spacial score (nSPS) is 14.5. The average Bonchev–Trinajstić information content (AvgIpc) is 2.83. The molecule has 0 spiro atoms. The van der Waals surface area contributed by atoms with Gasteiger partial charge in [0.1, 0.15) is 0 Å². The van der Waals surface area contributed by atoms with Crippen molar-refractivity contribution in [3.8, 4) is 0 Å². The van der Waals surface area contributed by atoms with Gasteiger partial charge >= 0.3 is 0 Å². The molecule has 130 valence electrons. The van der Waals surface area contributed by atoms with Gasteiger partial charge in [-0.2, -0.15) is 0 Å². The van der Waals surface area contributed by atoms with Gasteiger partial charge in [-0.25, -0.2) is 0 Å². The Morgan fingerprint density at radius 1 is 1.29 bits per heavy atom. The van der Waals surface area contributed by atoms with Gasteiger partial charge in [-0.3, -0.25) is 9.59 Å². The molecule has 0 unspecified atom stereocenters. The fourth-order valence-electron chi connectivity index (χ4n) is 2.39. The van der Waals surface area contributed by atoms with E-state index in [4.69, 9.17) is 28.3 Å². The second-order valence-electron chi connectivity index (χ2n) is 5.39. The molecule has 2 amide bonds. The van der Waals surface area contributed by atoms with Crippen molar-refractivity contribution in [2.24, 2.45) is 0 Å². The highest BCUT2D eigenvalue weighted by Crippen LogP contribution is 2.23. The minimum atomic E-state index is -0.634. The average molecular weight is 373 g/mol. The van der Waals surface area contributed by atoms with Crippen LogP contribution in [0.4, 0.5) is 0 Å². The van der Waals surface area contributed by atoms with Gasteiger partial charge in [0, 0.05) is 13.1 Å². The molecule has 1 aliphatic heterocycles. The highest BCUT2D eigenvalue weighted by atomic mass is 35.5. The van der Waals surface area contributed by atoms with E-state index < -0.39 is 17.6 Å². The monoisotopic (exact) mass is 372 g/mol.